The Kier molecular flexibility index (Phi) is 5.43. The lowest BCUT2D eigenvalue weighted by Gasteiger charge is -2.33. The van der Waals surface area contributed by atoms with Gasteiger partial charge in [-0.05, 0) is 25.0 Å². The molecule has 2 fully saturated rings. The topological polar surface area (TPSA) is 61.9 Å². The molecule has 6 heteroatoms. The van der Waals surface area contributed by atoms with Gasteiger partial charge in [0, 0.05) is 45.6 Å². The zero-order valence-corrected chi connectivity index (χ0v) is 15.6. The summed E-state index contributed by atoms with van der Waals surface area (Å²) in [5.41, 5.74) is 0.651. The van der Waals surface area contributed by atoms with Crippen LogP contribution in [0.5, 0.6) is 5.75 Å². The van der Waals surface area contributed by atoms with Crippen molar-refractivity contribution in [2.45, 2.75) is 37.8 Å². The van der Waals surface area contributed by atoms with Crippen molar-refractivity contribution >= 4 is 11.8 Å². The van der Waals surface area contributed by atoms with Gasteiger partial charge in [-0.25, -0.2) is 0 Å². The normalized spacial score (nSPS) is 23.0. The van der Waals surface area contributed by atoms with Crippen LogP contribution in [0.15, 0.2) is 36.4 Å². The molecule has 1 aromatic rings. The molecule has 4 rings (SSSR count). The van der Waals surface area contributed by atoms with E-state index in [1.807, 2.05) is 46.2 Å². The van der Waals surface area contributed by atoms with E-state index in [9.17, 15) is 9.59 Å². The molecule has 2 amide bonds. The maximum absolute atomic E-state index is 12.8. The summed E-state index contributed by atoms with van der Waals surface area (Å²) >= 11 is 0. The van der Waals surface area contributed by atoms with Gasteiger partial charge >= 0.3 is 0 Å². The Balaban J connectivity index is 1.36. The largest absolute Gasteiger partial charge is 0.489 e. The second-order valence-corrected chi connectivity index (χ2v) is 7.45. The van der Waals surface area contributed by atoms with Gasteiger partial charge in [0.15, 0.2) is 0 Å². The van der Waals surface area contributed by atoms with Crippen LogP contribution in [-0.2, 0) is 4.79 Å². The molecule has 3 heterocycles. The molecule has 0 spiro atoms. The van der Waals surface area contributed by atoms with Gasteiger partial charge in [-0.15, -0.1) is 0 Å². The molecule has 144 valence electrons. The van der Waals surface area contributed by atoms with Gasteiger partial charge in [0.25, 0.3) is 5.91 Å². The van der Waals surface area contributed by atoms with Crippen LogP contribution in [0.1, 0.15) is 36.0 Å². The maximum atomic E-state index is 12.8. The second kappa shape index (κ2) is 8.13. The third-order valence-corrected chi connectivity index (χ3v) is 5.61. The van der Waals surface area contributed by atoms with E-state index in [2.05, 4.69) is 5.32 Å². The Labute approximate surface area is 160 Å². The average molecular weight is 369 g/mol. The lowest BCUT2D eigenvalue weighted by atomic mass is 10.1. The minimum absolute atomic E-state index is 0.0358. The molecule has 6 nitrogen and oxygen atoms in total. The van der Waals surface area contributed by atoms with E-state index < -0.39 is 0 Å². The Morgan fingerprint density at radius 2 is 1.74 bits per heavy atom. The minimum Gasteiger partial charge on any atom is -0.489 e. The van der Waals surface area contributed by atoms with Crippen molar-refractivity contribution in [3.8, 4) is 5.75 Å². The molecule has 3 aliphatic heterocycles. The fourth-order valence-electron chi connectivity index (χ4n) is 4.04. The van der Waals surface area contributed by atoms with E-state index >= 15 is 0 Å². The number of likely N-dealkylation sites (tertiary alicyclic amines) is 2. The van der Waals surface area contributed by atoms with Gasteiger partial charge in [0.2, 0.25) is 5.91 Å². The van der Waals surface area contributed by atoms with Crippen LogP contribution in [0.25, 0.3) is 0 Å². The monoisotopic (exact) mass is 369 g/mol. The number of piperidine rings is 1. The van der Waals surface area contributed by atoms with Gasteiger partial charge in [0.1, 0.15) is 17.9 Å². The molecule has 1 atom stereocenters. The number of carbonyl (C=O) groups excluding carboxylic acids is 2. The van der Waals surface area contributed by atoms with Crippen LogP contribution < -0.4 is 10.1 Å². The van der Waals surface area contributed by atoms with E-state index in [0.29, 0.717) is 24.4 Å². The van der Waals surface area contributed by atoms with Crippen molar-refractivity contribution in [1.29, 1.82) is 0 Å². The first-order valence-electron chi connectivity index (χ1n) is 9.96. The summed E-state index contributed by atoms with van der Waals surface area (Å²) in [6.45, 7) is 3.81. The summed E-state index contributed by atoms with van der Waals surface area (Å²) in [6.07, 6.45) is 7.69. The molecule has 0 bridgehead atoms. The van der Waals surface area contributed by atoms with Crippen LogP contribution >= 0.6 is 0 Å². The van der Waals surface area contributed by atoms with Crippen molar-refractivity contribution in [2.75, 3.05) is 32.7 Å². The highest BCUT2D eigenvalue weighted by Gasteiger charge is 2.29. The van der Waals surface area contributed by atoms with E-state index in [1.165, 1.54) is 0 Å². The molecule has 1 N–H and O–H groups in total. The first-order valence-corrected chi connectivity index (χ1v) is 9.96. The molecule has 0 unspecified atom stereocenters. The van der Waals surface area contributed by atoms with E-state index in [4.69, 9.17) is 4.74 Å². The lowest BCUT2D eigenvalue weighted by Crippen LogP contribution is -2.48. The molecule has 0 radical (unpaired) electrons. The van der Waals surface area contributed by atoms with Gasteiger partial charge in [0.05, 0.1) is 5.56 Å². The molecule has 1 aromatic carbocycles. The number of ether oxygens (including phenoxy) is 1. The Morgan fingerprint density at radius 1 is 1.00 bits per heavy atom. The van der Waals surface area contributed by atoms with Crippen molar-refractivity contribution in [1.82, 2.24) is 15.1 Å². The molecule has 3 aliphatic rings. The summed E-state index contributed by atoms with van der Waals surface area (Å²) in [5.74, 6) is 0.876. The van der Waals surface area contributed by atoms with Crippen molar-refractivity contribution in [2.24, 2.45) is 0 Å². The minimum atomic E-state index is -0.179. The SMILES string of the molecule is O=C(c1ccccc1OC1CCN(C(=O)[C@@H]2C=CCN2)CC1)N1CCCC1. The summed E-state index contributed by atoms with van der Waals surface area (Å²) in [7, 11) is 0. The molecule has 0 aromatic heterocycles. The van der Waals surface area contributed by atoms with Crippen LogP contribution in [0.4, 0.5) is 0 Å². The van der Waals surface area contributed by atoms with Crippen LogP contribution in [-0.4, -0.2) is 66.5 Å². The number of hydrogen-bond donors (Lipinski definition) is 1. The van der Waals surface area contributed by atoms with Crippen LogP contribution in [0, 0.1) is 0 Å². The number of carbonyl (C=O) groups is 2. The number of para-hydroxylation sites is 1. The van der Waals surface area contributed by atoms with Gasteiger partial charge in [-0.1, -0.05) is 24.3 Å². The maximum Gasteiger partial charge on any atom is 0.257 e. The predicted octanol–water partition coefficient (Wildman–Crippen LogP) is 1.82. The fourth-order valence-corrected chi connectivity index (χ4v) is 4.04. The zero-order chi connectivity index (χ0) is 18.6. The van der Waals surface area contributed by atoms with Crippen LogP contribution in [0.3, 0.4) is 0 Å². The molecular weight excluding hydrogens is 342 g/mol. The van der Waals surface area contributed by atoms with E-state index in [0.717, 1.165) is 45.3 Å². The Hall–Kier alpha value is -2.34. The Morgan fingerprint density at radius 3 is 2.44 bits per heavy atom. The number of nitrogens with zero attached hydrogens (tertiary/aromatic N) is 2. The number of amides is 2. The standard InChI is InChI=1S/C21H27N3O3/c25-20(23-12-3-4-13-23)17-6-1-2-8-19(17)27-16-9-14-24(15-10-16)21(26)18-7-5-11-22-18/h1-2,5-8,16,18,22H,3-4,9-15H2/t18-/m0/s1. The smallest absolute Gasteiger partial charge is 0.257 e. The zero-order valence-electron chi connectivity index (χ0n) is 15.6. The summed E-state index contributed by atoms with van der Waals surface area (Å²) in [5, 5.41) is 3.18. The third-order valence-electron chi connectivity index (χ3n) is 5.61. The number of nitrogens with one attached hydrogen (secondary N) is 1. The van der Waals surface area contributed by atoms with E-state index in [-0.39, 0.29) is 24.0 Å². The second-order valence-electron chi connectivity index (χ2n) is 7.45. The lowest BCUT2D eigenvalue weighted by molar-refractivity contribution is -0.133. The fraction of sp³-hybridized carbons (Fsp3) is 0.524. The predicted molar refractivity (Wildman–Crippen MR) is 103 cm³/mol. The van der Waals surface area contributed by atoms with Crippen molar-refractivity contribution in [3.63, 3.8) is 0 Å². The molecular formula is C21H27N3O3. The first kappa shape index (κ1) is 18.0. The van der Waals surface area contributed by atoms with Crippen LogP contribution in [0.2, 0.25) is 0 Å². The summed E-state index contributed by atoms with van der Waals surface area (Å²) in [4.78, 5) is 29.1. The van der Waals surface area contributed by atoms with Crippen molar-refractivity contribution < 1.29 is 14.3 Å². The Bertz CT molecular complexity index is 719. The molecule has 2 saturated heterocycles. The highest BCUT2D eigenvalue weighted by atomic mass is 16.5. The highest BCUT2D eigenvalue weighted by molar-refractivity contribution is 5.97. The van der Waals surface area contributed by atoms with Crippen molar-refractivity contribution in [3.05, 3.63) is 42.0 Å². The number of benzene rings is 1. The number of rotatable bonds is 4. The van der Waals surface area contributed by atoms with E-state index in [1.54, 1.807) is 0 Å². The molecule has 0 aliphatic carbocycles. The average Bonchev–Trinajstić information content (AvgIpc) is 3.42. The third kappa shape index (κ3) is 4.00. The molecule has 0 saturated carbocycles. The highest BCUT2D eigenvalue weighted by Crippen LogP contribution is 2.26. The first-order chi connectivity index (χ1) is 13.2. The summed E-state index contributed by atoms with van der Waals surface area (Å²) < 4.78 is 6.21. The van der Waals surface area contributed by atoms with Gasteiger partial charge in [-0.3, -0.25) is 14.9 Å². The number of hydrogen-bond acceptors (Lipinski definition) is 4. The quantitative estimate of drug-likeness (QED) is 0.823. The van der Waals surface area contributed by atoms with Gasteiger partial charge < -0.3 is 14.5 Å². The van der Waals surface area contributed by atoms with Gasteiger partial charge in [-0.2, -0.15) is 0 Å². The summed E-state index contributed by atoms with van der Waals surface area (Å²) in [6, 6.07) is 7.36. The molecule has 27 heavy (non-hydrogen) atoms.